The Labute approximate surface area is 169 Å². The molecule has 0 saturated carbocycles. The number of benzene rings is 1. The van der Waals surface area contributed by atoms with E-state index in [0.29, 0.717) is 23.6 Å². The maximum absolute atomic E-state index is 9.46. The first-order valence-corrected chi connectivity index (χ1v) is 10.4. The van der Waals surface area contributed by atoms with Crippen molar-refractivity contribution in [3.63, 3.8) is 0 Å². The van der Waals surface area contributed by atoms with Crippen molar-refractivity contribution in [3.05, 3.63) is 24.4 Å². The van der Waals surface area contributed by atoms with Gasteiger partial charge in [-0.05, 0) is 44.6 Å². The molecule has 0 amide bonds. The molecule has 1 N–H and O–H groups in total. The molecule has 8 heteroatoms. The van der Waals surface area contributed by atoms with Crippen LogP contribution in [0.4, 0.5) is 6.01 Å². The lowest BCUT2D eigenvalue weighted by molar-refractivity contribution is 0.171. The number of hydrogen-bond acceptors (Lipinski definition) is 6. The second-order valence-electron chi connectivity index (χ2n) is 7.78. The third kappa shape index (κ3) is 3.61. The highest BCUT2D eigenvalue weighted by atomic mass is 35.5. The van der Waals surface area contributed by atoms with Crippen molar-refractivity contribution < 1.29 is 9.63 Å². The van der Waals surface area contributed by atoms with Gasteiger partial charge < -0.3 is 14.5 Å². The fraction of sp³-hybridized carbons (Fsp3) is 0.550. The zero-order chi connectivity index (χ0) is 19.7. The minimum Gasteiger partial charge on any atom is -0.396 e. The summed E-state index contributed by atoms with van der Waals surface area (Å²) >= 11 is 5.97. The molecule has 4 rings (SSSR count). The standard InChI is InChI=1S/C20H26ClN5O2/c1-13(2)26-18-9-15(3-4-16(18)11-22-26)19-23-20(28-24-19)25-7-5-14(6-8-25)17(10-21)12-27/h3-4,9,11,13-14,17,27H,5-8,10,12H2,1-2H3. The fourth-order valence-electron chi connectivity index (χ4n) is 3.94. The van der Waals surface area contributed by atoms with Crippen molar-refractivity contribution >= 4 is 28.5 Å². The minimum absolute atomic E-state index is 0.147. The Morgan fingerprint density at radius 2 is 2.07 bits per heavy atom. The third-order valence-corrected chi connectivity index (χ3v) is 6.07. The number of rotatable bonds is 6. The lowest BCUT2D eigenvalue weighted by atomic mass is 9.86. The Balaban J connectivity index is 1.51. The number of hydrogen-bond donors (Lipinski definition) is 1. The maximum Gasteiger partial charge on any atom is 0.324 e. The molecule has 0 bridgehead atoms. The molecule has 0 radical (unpaired) electrons. The van der Waals surface area contributed by atoms with Crippen LogP contribution in [0.3, 0.4) is 0 Å². The van der Waals surface area contributed by atoms with E-state index in [1.165, 1.54) is 0 Å². The molecule has 1 aliphatic rings. The number of piperidine rings is 1. The maximum atomic E-state index is 9.46. The predicted octanol–water partition coefficient (Wildman–Crippen LogP) is 3.73. The number of nitrogens with zero attached hydrogens (tertiary/aromatic N) is 5. The number of aliphatic hydroxyl groups is 1. The Kier molecular flexibility index (Phi) is 5.55. The predicted molar refractivity (Wildman–Crippen MR) is 110 cm³/mol. The van der Waals surface area contributed by atoms with Crippen LogP contribution in [0.25, 0.3) is 22.3 Å². The van der Waals surface area contributed by atoms with Crippen LogP contribution in [-0.4, -0.2) is 50.6 Å². The average Bonchev–Trinajstić information content (AvgIpc) is 3.36. The number of aromatic nitrogens is 4. The molecule has 28 heavy (non-hydrogen) atoms. The molecule has 1 fully saturated rings. The second kappa shape index (κ2) is 8.09. The summed E-state index contributed by atoms with van der Waals surface area (Å²) in [4.78, 5) is 6.74. The molecule has 0 spiro atoms. The summed E-state index contributed by atoms with van der Waals surface area (Å²) in [6, 6.07) is 6.94. The Morgan fingerprint density at radius 3 is 2.75 bits per heavy atom. The molecule has 1 aromatic carbocycles. The van der Waals surface area contributed by atoms with E-state index in [4.69, 9.17) is 16.1 Å². The first kappa shape index (κ1) is 19.2. The molecule has 0 aliphatic carbocycles. The molecule has 1 atom stereocenters. The molecule has 3 aromatic rings. The van der Waals surface area contributed by atoms with Gasteiger partial charge in [-0.2, -0.15) is 10.1 Å². The highest BCUT2D eigenvalue weighted by molar-refractivity contribution is 6.18. The summed E-state index contributed by atoms with van der Waals surface area (Å²) in [7, 11) is 0. The monoisotopic (exact) mass is 403 g/mol. The molecule has 3 heterocycles. The largest absolute Gasteiger partial charge is 0.396 e. The number of alkyl halides is 1. The fourth-order valence-corrected chi connectivity index (χ4v) is 4.29. The second-order valence-corrected chi connectivity index (χ2v) is 8.09. The van der Waals surface area contributed by atoms with Gasteiger partial charge in [0, 0.05) is 42.6 Å². The summed E-state index contributed by atoms with van der Waals surface area (Å²) in [5.41, 5.74) is 1.98. The zero-order valence-electron chi connectivity index (χ0n) is 16.3. The first-order chi connectivity index (χ1) is 13.6. The van der Waals surface area contributed by atoms with E-state index >= 15 is 0 Å². The van der Waals surface area contributed by atoms with E-state index in [1.54, 1.807) is 0 Å². The third-order valence-electron chi connectivity index (χ3n) is 5.67. The van der Waals surface area contributed by atoms with Crippen molar-refractivity contribution in [1.82, 2.24) is 19.9 Å². The number of aliphatic hydroxyl groups excluding tert-OH is 1. The Hall–Kier alpha value is -2.12. The van der Waals surface area contributed by atoms with Gasteiger partial charge in [0.25, 0.3) is 0 Å². The van der Waals surface area contributed by atoms with Crippen LogP contribution in [0.15, 0.2) is 28.9 Å². The smallest absolute Gasteiger partial charge is 0.324 e. The number of anilines is 1. The van der Waals surface area contributed by atoms with Crippen molar-refractivity contribution in [1.29, 1.82) is 0 Å². The van der Waals surface area contributed by atoms with Crippen LogP contribution >= 0.6 is 11.6 Å². The minimum atomic E-state index is 0.147. The van der Waals surface area contributed by atoms with Gasteiger partial charge in [0.2, 0.25) is 5.82 Å². The van der Waals surface area contributed by atoms with Crippen LogP contribution in [0.5, 0.6) is 0 Å². The summed E-state index contributed by atoms with van der Waals surface area (Å²) in [6.45, 7) is 6.04. The van der Waals surface area contributed by atoms with Crippen LogP contribution in [0.1, 0.15) is 32.7 Å². The van der Waals surface area contributed by atoms with Crippen LogP contribution in [0, 0.1) is 11.8 Å². The van der Waals surface area contributed by atoms with E-state index in [9.17, 15) is 5.11 Å². The van der Waals surface area contributed by atoms with Crippen molar-refractivity contribution in [2.45, 2.75) is 32.7 Å². The van der Waals surface area contributed by atoms with Crippen LogP contribution < -0.4 is 4.90 Å². The zero-order valence-corrected chi connectivity index (χ0v) is 17.0. The average molecular weight is 404 g/mol. The molecule has 7 nitrogen and oxygen atoms in total. The Morgan fingerprint density at radius 1 is 1.29 bits per heavy atom. The first-order valence-electron chi connectivity index (χ1n) is 9.83. The van der Waals surface area contributed by atoms with Crippen LogP contribution in [0.2, 0.25) is 0 Å². The van der Waals surface area contributed by atoms with Gasteiger partial charge in [-0.3, -0.25) is 4.68 Å². The quantitative estimate of drug-likeness (QED) is 0.631. The van der Waals surface area contributed by atoms with Gasteiger partial charge in [-0.25, -0.2) is 0 Å². The SMILES string of the molecule is CC(C)n1ncc2ccc(-c3noc(N4CCC(C(CO)CCl)CC4)n3)cc21. The van der Waals surface area contributed by atoms with Gasteiger partial charge in [0.1, 0.15) is 0 Å². The lowest BCUT2D eigenvalue weighted by Gasteiger charge is -2.33. The van der Waals surface area contributed by atoms with Crippen molar-refractivity contribution in [3.8, 4) is 11.4 Å². The van der Waals surface area contributed by atoms with E-state index in [0.717, 1.165) is 42.4 Å². The van der Waals surface area contributed by atoms with Gasteiger partial charge >= 0.3 is 6.01 Å². The van der Waals surface area contributed by atoms with Crippen molar-refractivity contribution in [2.24, 2.45) is 11.8 Å². The molecular weight excluding hydrogens is 378 g/mol. The van der Waals surface area contributed by atoms with E-state index in [2.05, 4.69) is 40.1 Å². The molecule has 1 unspecified atom stereocenters. The van der Waals surface area contributed by atoms with Crippen LogP contribution in [-0.2, 0) is 0 Å². The number of halogens is 1. The molecule has 1 saturated heterocycles. The highest BCUT2D eigenvalue weighted by Gasteiger charge is 2.28. The Bertz CT molecular complexity index is 926. The molecule has 150 valence electrons. The summed E-state index contributed by atoms with van der Waals surface area (Å²) in [6.07, 6.45) is 3.82. The number of fused-ring (bicyclic) bond motifs is 1. The highest BCUT2D eigenvalue weighted by Crippen LogP contribution is 2.30. The lowest BCUT2D eigenvalue weighted by Crippen LogP contribution is -2.37. The van der Waals surface area contributed by atoms with Gasteiger partial charge in [-0.1, -0.05) is 17.3 Å². The molecular formula is C20H26ClN5O2. The van der Waals surface area contributed by atoms with E-state index in [-0.39, 0.29) is 18.6 Å². The van der Waals surface area contributed by atoms with E-state index < -0.39 is 0 Å². The summed E-state index contributed by atoms with van der Waals surface area (Å²) in [5.74, 6) is 1.70. The summed E-state index contributed by atoms with van der Waals surface area (Å²) < 4.78 is 7.54. The van der Waals surface area contributed by atoms with Crippen molar-refractivity contribution in [2.75, 3.05) is 30.5 Å². The molecule has 1 aliphatic heterocycles. The van der Waals surface area contributed by atoms with Gasteiger partial charge in [-0.15, -0.1) is 11.6 Å². The summed E-state index contributed by atoms with van der Waals surface area (Å²) in [5, 5.41) is 19.2. The molecule has 2 aromatic heterocycles. The topological polar surface area (TPSA) is 80.2 Å². The van der Waals surface area contributed by atoms with E-state index in [1.807, 2.05) is 23.0 Å². The van der Waals surface area contributed by atoms with Gasteiger partial charge in [0.05, 0.1) is 11.7 Å². The normalized spacial score (nSPS) is 17.0. The van der Waals surface area contributed by atoms with Gasteiger partial charge in [0.15, 0.2) is 0 Å².